The zero-order chi connectivity index (χ0) is 26.1. The maximum Gasteiger partial charge on any atom is 0.356 e. The van der Waals surface area contributed by atoms with Crippen LogP contribution in [0.5, 0.6) is 0 Å². The number of rotatable bonds is 10. The number of allylic oxidation sites excluding steroid dienone is 3. The molecule has 0 aromatic rings. The minimum Gasteiger partial charge on any atom is -0.498 e. The third-order valence-corrected chi connectivity index (χ3v) is 6.94. The number of hydrogen-bond acceptors (Lipinski definition) is 9. The van der Waals surface area contributed by atoms with Gasteiger partial charge in [-0.1, -0.05) is 24.6 Å². The molecule has 194 valence electrons. The van der Waals surface area contributed by atoms with Crippen molar-refractivity contribution in [3.8, 4) is 0 Å². The fourth-order valence-electron chi connectivity index (χ4n) is 3.66. The van der Waals surface area contributed by atoms with E-state index in [-0.39, 0.29) is 11.5 Å². The van der Waals surface area contributed by atoms with E-state index in [1.807, 2.05) is 18.2 Å². The van der Waals surface area contributed by atoms with E-state index in [0.717, 1.165) is 29.7 Å². The Labute approximate surface area is 207 Å². The van der Waals surface area contributed by atoms with Gasteiger partial charge < -0.3 is 37.5 Å². The van der Waals surface area contributed by atoms with Crippen molar-refractivity contribution in [1.29, 1.82) is 0 Å². The minimum atomic E-state index is -1.23. The van der Waals surface area contributed by atoms with Crippen LogP contribution in [0.2, 0.25) is 0 Å². The lowest BCUT2D eigenvalue weighted by molar-refractivity contribution is -0.151. The Hall–Kier alpha value is -2.87. The van der Waals surface area contributed by atoms with Crippen molar-refractivity contribution in [3.05, 3.63) is 35.3 Å². The summed E-state index contributed by atoms with van der Waals surface area (Å²) in [6.45, 7) is 0.604. The van der Waals surface area contributed by atoms with Gasteiger partial charge in [0.05, 0.1) is 12.9 Å². The molecular weight excluding hydrogens is 478 g/mol. The molecule has 3 rings (SSSR count). The number of carbonyl (C=O) groups is 4. The molecule has 9 N–H and O–H groups in total. The predicted octanol–water partition coefficient (Wildman–Crippen LogP) is -0.540. The number of unbranched alkanes of at least 4 members (excludes halogenated alkanes) is 1. The summed E-state index contributed by atoms with van der Waals surface area (Å²) in [6.07, 6.45) is 9.36. The summed E-state index contributed by atoms with van der Waals surface area (Å²) in [5, 5.41) is 19.9. The van der Waals surface area contributed by atoms with Crippen molar-refractivity contribution < 1.29 is 34.1 Å². The molecule has 1 fully saturated rings. The number of nitrogens with two attached hydrogens (primary N) is 3. The maximum absolute atomic E-state index is 12.4. The van der Waals surface area contributed by atoms with Gasteiger partial charge in [0.1, 0.15) is 29.3 Å². The van der Waals surface area contributed by atoms with E-state index in [2.05, 4.69) is 5.32 Å². The van der Waals surface area contributed by atoms with Crippen molar-refractivity contribution in [2.24, 2.45) is 17.2 Å². The number of fused-ring (bicyclic) bond motifs is 1. The first-order valence-electron chi connectivity index (χ1n) is 11.2. The average molecular weight is 512 g/mol. The molecule has 1 saturated heterocycles. The Morgan fingerprint density at radius 2 is 1.97 bits per heavy atom. The molecule has 0 spiro atoms. The number of nitrogens with one attached hydrogen (secondary N) is 1. The first kappa shape index (κ1) is 28.4. The van der Waals surface area contributed by atoms with Crippen LogP contribution in [0.1, 0.15) is 32.1 Å². The molecule has 2 heterocycles. The van der Waals surface area contributed by atoms with Gasteiger partial charge in [-0.3, -0.25) is 19.3 Å². The normalized spacial score (nSPS) is 22.6. The second-order valence-corrected chi connectivity index (χ2v) is 9.18. The molecule has 0 radical (unpaired) electrons. The largest absolute Gasteiger partial charge is 0.498 e. The fourth-order valence-corrected chi connectivity index (χ4v) is 4.97. The number of ether oxygens (including phenoxy) is 1. The summed E-state index contributed by atoms with van der Waals surface area (Å²) in [4.78, 5) is 47.5. The number of carbonyl (C=O) groups excluding carboxylic acids is 2. The third kappa shape index (κ3) is 7.07. The second-order valence-electron chi connectivity index (χ2n) is 8.07. The van der Waals surface area contributed by atoms with E-state index in [4.69, 9.17) is 27.0 Å². The van der Waals surface area contributed by atoms with E-state index >= 15 is 0 Å². The monoisotopic (exact) mass is 511 g/mol. The molecular formula is C22H33N5O7S. The summed E-state index contributed by atoms with van der Waals surface area (Å²) in [6, 6.07) is -2.31. The molecule has 1 unspecified atom stereocenters. The van der Waals surface area contributed by atoms with Crippen LogP contribution in [0.4, 0.5) is 0 Å². The number of aliphatic carboxylic acids is 2. The van der Waals surface area contributed by atoms with Crippen LogP contribution >= 0.6 is 11.8 Å². The highest BCUT2D eigenvalue weighted by Gasteiger charge is 2.55. The van der Waals surface area contributed by atoms with Crippen molar-refractivity contribution in [2.75, 3.05) is 19.4 Å². The molecule has 0 bridgehead atoms. The van der Waals surface area contributed by atoms with Crippen molar-refractivity contribution in [3.63, 3.8) is 0 Å². The fraction of sp³-hybridized carbons (Fsp3) is 0.545. The highest BCUT2D eigenvalue weighted by molar-refractivity contribution is 8.00. The van der Waals surface area contributed by atoms with Gasteiger partial charge in [0.15, 0.2) is 5.70 Å². The van der Waals surface area contributed by atoms with Crippen LogP contribution < -0.4 is 22.5 Å². The highest BCUT2D eigenvalue weighted by atomic mass is 32.2. The molecule has 12 nitrogen and oxygen atoms in total. The molecule has 3 aliphatic rings. The molecule has 13 heteroatoms. The average Bonchev–Trinajstić information content (AvgIpc) is 2.86. The second kappa shape index (κ2) is 13.3. The Kier molecular flexibility index (Phi) is 10.8. The number of hydrogen-bond donors (Lipinski definition) is 6. The zero-order valence-corrected chi connectivity index (χ0v) is 20.3. The van der Waals surface area contributed by atoms with Gasteiger partial charge >= 0.3 is 11.9 Å². The summed E-state index contributed by atoms with van der Waals surface area (Å²) in [5.74, 6) is -2.50. The van der Waals surface area contributed by atoms with Crippen LogP contribution in [0, 0.1) is 0 Å². The molecule has 0 aromatic carbocycles. The standard InChI is InChI=1S/C16H19N3O5S.C6H14N2O2/c1-24-9-7-25-15-11(14(21)19(15)12(9)16(22)23)18-13(20)10(17)8-5-3-2-4-6-8;7-4-2-1-3-5(8)6(9)10/h2-3,6,10-11,15H,4-5,7,17H2,1H3,(H,18,20)(H,22,23);5H,1-4,7-8H2,(H,9,10)/t10-,11-,15-;/m1./s1. The molecule has 1 aliphatic carbocycles. The number of amides is 2. The van der Waals surface area contributed by atoms with Crippen LogP contribution in [0.15, 0.2) is 35.3 Å². The topological polar surface area (TPSA) is 211 Å². The third-order valence-electron chi connectivity index (χ3n) is 5.68. The van der Waals surface area contributed by atoms with Gasteiger partial charge in [0.2, 0.25) is 5.91 Å². The van der Waals surface area contributed by atoms with Gasteiger partial charge in [-0.15, -0.1) is 11.8 Å². The lowest BCUT2D eigenvalue weighted by Gasteiger charge is -2.49. The van der Waals surface area contributed by atoms with Crippen molar-refractivity contribution in [2.45, 2.75) is 55.6 Å². The summed E-state index contributed by atoms with van der Waals surface area (Å²) < 4.78 is 5.06. The van der Waals surface area contributed by atoms with Crippen LogP contribution in [-0.4, -0.2) is 81.8 Å². The smallest absolute Gasteiger partial charge is 0.356 e. The SMILES string of the molecule is COC1=C(C(=O)O)N2C(=O)[C@@H](NC(=O)[C@H](N)C3=CCC=CC3)[C@H]2SC1.NCCCCC(N)C(=O)O. The molecule has 2 aliphatic heterocycles. The van der Waals surface area contributed by atoms with E-state index in [0.29, 0.717) is 25.1 Å². The van der Waals surface area contributed by atoms with Gasteiger partial charge in [0, 0.05) is 0 Å². The molecule has 4 atom stereocenters. The van der Waals surface area contributed by atoms with Gasteiger partial charge in [-0.05, 0) is 37.8 Å². The Balaban J connectivity index is 0.000000367. The highest BCUT2D eigenvalue weighted by Crippen LogP contribution is 2.40. The van der Waals surface area contributed by atoms with Crippen LogP contribution in [-0.2, 0) is 23.9 Å². The van der Waals surface area contributed by atoms with Gasteiger partial charge in [-0.2, -0.15) is 0 Å². The van der Waals surface area contributed by atoms with E-state index in [9.17, 15) is 24.3 Å². The maximum atomic E-state index is 12.4. The molecule has 35 heavy (non-hydrogen) atoms. The van der Waals surface area contributed by atoms with Crippen molar-refractivity contribution in [1.82, 2.24) is 10.2 Å². The quantitative estimate of drug-likeness (QED) is 0.124. The summed E-state index contributed by atoms with van der Waals surface area (Å²) in [5.41, 5.74) is 17.1. The molecule has 2 amide bonds. The van der Waals surface area contributed by atoms with Gasteiger partial charge in [0.25, 0.3) is 5.91 Å². The molecule has 0 saturated carbocycles. The minimum absolute atomic E-state index is 0.161. The van der Waals surface area contributed by atoms with Crippen molar-refractivity contribution >= 4 is 35.5 Å². The number of carboxylic acid groups (broad SMARTS) is 2. The Morgan fingerprint density at radius 3 is 2.51 bits per heavy atom. The Bertz CT molecular complexity index is 920. The number of nitrogens with zero attached hydrogens (tertiary/aromatic N) is 1. The lowest BCUT2D eigenvalue weighted by atomic mass is 9.97. The summed E-state index contributed by atoms with van der Waals surface area (Å²) >= 11 is 1.35. The number of methoxy groups -OCH3 is 1. The van der Waals surface area contributed by atoms with E-state index in [1.165, 1.54) is 18.9 Å². The number of thioether (sulfide) groups is 1. The van der Waals surface area contributed by atoms with Gasteiger partial charge in [-0.25, -0.2) is 4.79 Å². The van der Waals surface area contributed by atoms with E-state index in [1.54, 1.807) is 0 Å². The first-order chi connectivity index (χ1) is 16.6. The van der Waals surface area contributed by atoms with Crippen LogP contribution in [0.3, 0.4) is 0 Å². The van der Waals surface area contributed by atoms with Crippen LogP contribution in [0.25, 0.3) is 0 Å². The predicted molar refractivity (Wildman–Crippen MR) is 130 cm³/mol. The van der Waals surface area contributed by atoms with E-state index < -0.39 is 47.3 Å². The lowest BCUT2D eigenvalue weighted by Crippen LogP contribution is -2.71. The first-order valence-corrected chi connectivity index (χ1v) is 12.2. The summed E-state index contributed by atoms with van der Waals surface area (Å²) in [7, 11) is 1.37. The zero-order valence-electron chi connectivity index (χ0n) is 19.5. The number of β-lactam (4-membered cyclic amide) rings is 1. The Morgan fingerprint density at radius 1 is 1.26 bits per heavy atom. The number of carboxylic acids is 2. The molecule has 0 aromatic heterocycles.